The zero-order valence-electron chi connectivity index (χ0n) is 16.8. The molecule has 2 aromatic rings. The van der Waals surface area contributed by atoms with E-state index >= 15 is 0 Å². The third-order valence-electron chi connectivity index (χ3n) is 4.86. The van der Waals surface area contributed by atoms with Crippen molar-refractivity contribution in [2.75, 3.05) is 10.6 Å². The Morgan fingerprint density at radius 3 is 2.45 bits per heavy atom. The minimum absolute atomic E-state index is 0.281. The summed E-state index contributed by atoms with van der Waals surface area (Å²) >= 11 is 5.92. The van der Waals surface area contributed by atoms with Crippen molar-refractivity contribution in [3.05, 3.63) is 59.1 Å². The number of hydrogen-bond acceptors (Lipinski definition) is 4. The van der Waals surface area contributed by atoms with E-state index in [9.17, 15) is 13.2 Å². The highest BCUT2D eigenvalue weighted by Crippen LogP contribution is 2.39. The number of anilines is 1. The van der Waals surface area contributed by atoms with Gasteiger partial charge in [0.15, 0.2) is 0 Å². The molecule has 2 aromatic carbocycles. The Morgan fingerprint density at radius 2 is 1.83 bits per heavy atom. The van der Waals surface area contributed by atoms with Crippen molar-refractivity contribution < 1.29 is 17.9 Å². The minimum atomic E-state index is -3.69. The average Bonchev–Trinajstić information content (AvgIpc) is 2.61. The number of fused-ring (bicyclic) bond motifs is 1. The number of hydrogen-bond donors (Lipinski definition) is 1. The van der Waals surface area contributed by atoms with Crippen LogP contribution in [0.2, 0.25) is 5.02 Å². The van der Waals surface area contributed by atoms with Gasteiger partial charge in [0, 0.05) is 17.0 Å². The van der Waals surface area contributed by atoms with E-state index in [1.165, 1.54) is 0 Å². The molecule has 3 rings (SSSR count). The van der Waals surface area contributed by atoms with Crippen LogP contribution in [0.4, 0.5) is 5.69 Å². The Bertz CT molecular complexity index is 1010. The molecule has 0 bridgehead atoms. The molecular formula is C21H25ClN2O4S. The van der Waals surface area contributed by atoms with Gasteiger partial charge in [0.2, 0.25) is 15.9 Å². The van der Waals surface area contributed by atoms with Crippen LogP contribution in [0, 0.1) is 0 Å². The molecule has 2 atom stereocenters. The normalized spacial score (nSPS) is 18.9. The van der Waals surface area contributed by atoms with Crippen LogP contribution in [-0.2, 0) is 14.8 Å². The van der Waals surface area contributed by atoms with Gasteiger partial charge in [-0.05, 0) is 51.1 Å². The van der Waals surface area contributed by atoms with Crippen molar-refractivity contribution in [1.82, 2.24) is 5.32 Å². The fraction of sp³-hybridized carbons (Fsp3) is 0.381. The first-order valence-corrected chi connectivity index (χ1v) is 11.5. The van der Waals surface area contributed by atoms with Crippen molar-refractivity contribution in [2.24, 2.45) is 0 Å². The maximum atomic E-state index is 13.1. The number of rotatable bonds is 5. The number of ether oxygens (including phenoxy) is 1. The van der Waals surface area contributed by atoms with Gasteiger partial charge in [-0.3, -0.25) is 9.10 Å². The number of sulfonamides is 1. The van der Waals surface area contributed by atoms with Crippen LogP contribution in [0.3, 0.4) is 0 Å². The minimum Gasteiger partial charge on any atom is -0.487 e. The van der Waals surface area contributed by atoms with E-state index in [4.69, 9.17) is 16.3 Å². The fourth-order valence-electron chi connectivity index (χ4n) is 3.62. The van der Waals surface area contributed by atoms with Gasteiger partial charge >= 0.3 is 0 Å². The number of carbonyl (C=O) groups excluding carboxylic acids is 1. The molecule has 0 aliphatic carbocycles. The summed E-state index contributed by atoms with van der Waals surface area (Å²) in [7, 11) is -3.69. The predicted molar refractivity (Wildman–Crippen MR) is 115 cm³/mol. The van der Waals surface area contributed by atoms with Gasteiger partial charge in [-0.2, -0.15) is 0 Å². The molecule has 0 spiro atoms. The van der Waals surface area contributed by atoms with Gasteiger partial charge in [0.1, 0.15) is 17.4 Å². The summed E-state index contributed by atoms with van der Waals surface area (Å²) in [5.41, 5.74) is 0.805. The Balaban J connectivity index is 1.88. The lowest BCUT2D eigenvalue weighted by Gasteiger charge is -2.38. The second kappa shape index (κ2) is 7.88. The quantitative estimate of drug-likeness (QED) is 0.770. The Hall–Kier alpha value is -2.25. The molecule has 1 aliphatic heterocycles. The summed E-state index contributed by atoms with van der Waals surface area (Å²) in [5, 5.41) is 3.50. The highest BCUT2D eigenvalue weighted by molar-refractivity contribution is 7.92. The smallest absolute Gasteiger partial charge is 0.244 e. The third-order valence-corrected chi connectivity index (χ3v) is 6.36. The van der Waals surface area contributed by atoms with Crippen molar-refractivity contribution in [3.63, 3.8) is 0 Å². The van der Waals surface area contributed by atoms with Gasteiger partial charge in [-0.15, -0.1) is 0 Å². The molecule has 0 aromatic heterocycles. The zero-order chi connectivity index (χ0) is 21.4. The first-order chi connectivity index (χ1) is 13.5. The molecule has 8 heteroatoms. The summed E-state index contributed by atoms with van der Waals surface area (Å²) in [6.45, 7) is 5.49. The molecule has 0 fully saturated rings. The van der Waals surface area contributed by atoms with E-state index in [1.807, 2.05) is 38.1 Å². The molecule has 156 valence electrons. The molecule has 6 nitrogen and oxygen atoms in total. The maximum absolute atomic E-state index is 13.1. The monoisotopic (exact) mass is 436 g/mol. The van der Waals surface area contributed by atoms with E-state index < -0.39 is 21.7 Å². The third kappa shape index (κ3) is 4.85. The Labute approximate surface area is 176 Å². The second-order valence-corrected chi connectivity index (χ2v) is 10.2. The first-order valence-electron chi connectivity index (χ1n) is 9.31. The molecule has 0 saturated heterocycles. The lowest BCUT2D eigenvalue weighted by atomic mass is 9.89. The van der Waals surface area contributed by atoms with Crippen LogP contribution in [0.25, 0.3) is 0 Å². The van der Waals surface area contributed by atoms with Crippen molar-refractivity contribution in [3.8, 4) is 5.75 Å². The predicted octanol–water partition coefficient (Wildman–Crippen LogP) is 3.91. The largest absolute Gasteiger partial charge is 0.487 e. The van der Waals surface area contributed by atoms with E-state index in [1.54, 1.807) is 31.2 Å². The number of nitrogens with one attached hydrogen (secondary N) is 1. The van der Waals surface area contributed by atoms with Crippen LogP contribution in [0.15, 0.2) is 48.5 Å². The zero-order valence-corrected chi connectivity index (χ0v) is 18.4. The second-order valence-electron chi connectivity index (χ2n) is 7.88. The van der Waals surface area contributed by atoms with Crippen LogP contribution >= 0.6 is 11.6 Å². The summed E-state index contributed by atoms with van der Waals surface area (Å²) in [6.07, 6.45) is 1.65. The molecule has 1 heterocycles. The van der Waals surface area contributed by atoms with Gasteiger partial charge in [0.05, 0.1) is 18.0 Å². The summed E-state index contributed by atoms with van der Waals surface area (Å²) in [6, 6.07) is 12.7. The van der Waals surface area contributed by atoms with Crippen LogP contribution in [0.5, 0.6) is 5.75 Å². The molecule has 0 unspecified atom stereocenters. The Kier molecular flexibility index (Phi) is 5.83. The lowest BCUT2D eigenvalue weighted by molar-refractivity contribution is -0.123. The first kappa shape index (κ1) is 21.5. The molecule has 1 aliphatic rings. The Morgan fingerprint density at radius 1 is 1.21 bits per heavy atom. The highest BCUT2D eigenvalue weighted by atomic mass is 35.5. The number of nitrogens with zero attached hydrogens (tertiary/aromatic N) is 1. The SMILES string of the molecule is C[C@H](C(=O)N[C@H]1CC(C)(C)Oc2ccccc21)N(c1ccc(Cl)cc1)S(C)(=O)=O. The summed E-state index contributed by atoms with van der Waals surface area (Å²) in [4.78, 5) is 13.1. The standard InChI is InChI=1S/C21H25ClN2O4S/c1-14(24(29(4,26)27)16-11-9-15(22)10-12-16)20(25)23-18-13-21(2,3)28-19-8-6-5-7-17(18)19/h5-12,14,18H,13H2,1-4H3,(H,23,25)/t14-,18+/m1/s1. The molecule has 1 amide bonds. The number of amides is 1. The van der Waals surface area contributed by atoms with Crippen molar-refractivity contribution >= 4 is 33.2 Å². The summed E-state index contributed by atoms with van der Waals surface area (Å²) < 4.78 is 32.0. The van der Waals surface area contributed by atoms with E-state index in [0.717, 1.165) is 21.9 Å². The van der Waals surface area contributed by atoms with E-state index in [-0.39, 0.29) is 11.9 Å². The number of para-hydroxylation sites is 1. The van der Waals surface area contributed by atoms with Crippen molar-refractivity contribution in [1.29, 1.82) is 0 Å². The number of benzene rings is 2. The van der Waals surface area contributed by atoms with Crippen LogP contribution in [-0.4, -0.2) is 32.2 Å². The molecule has 1 N–H and O–H groups in total. The number of carbonyl (C=O) groups is 1. The van der Waals surface area contributed by atoms with E-state index in [2.05, 4.69) is 5.32 Å². The van der Waals surface area contributed by atoms with Gasteiger partial charge in [-0.25, -0.2) is 8.42 Å². The highest BCUT2D eigenvalue weighted by Gasteiger charge is 2.36. The fourth-order valence-corrected chi connectivity index (χ4v) is 4.92. The van der Waals surface area contributed by atoms with Crippen LogP contribution in [0.1, 0.15) is 38.8 Å². The molecule has 0 radical (unpaired) electrons. The maximum Gasteiger partial charge on any atom is 0.244 e. The molecule has 0 saturated carbocycles. The van der Waals surface area contributed by atoms with Crippen LogP contribution < -0.4 is 14.4 Å². The molecular weight excluding hydrogens is 412 g/mol. The lowest BCUT2D eigenvalue weighted by Crippen LogP contribution is -2.50. The molecule has 29 heavy (non-hydrogen) atoms. The summed E-state index contributed by atoms with van der Waals surface area (Å²) in [5.74, 6) is 0.335. The van der Waals surface area contributed by atoms with E-state index in [0.29, 0.717) is 17.1 Å². The van der Waals surface area contributed by atoms with Gasteiger partial charge in [0.25, 0.3) is 0 Å². The number of halogens is 1. The topological polar surface area (TPSA) is 75.7 Å². The van der Waals surface area contributed by atoms with Gasteiger partial charge in [-0.1, -0.05) is 29.8 Å². The van der Waals surface area contributed by atoms with Gasteiger partial charge < -0.3 is 10.1 Å². The van der Waals surface area contributed by atoms with Crippen molar-refractivity contribution in [2.45, 2.75) is 44.9 Å². The average molecular weight is 437 g/mol.